The number of carbonyl (C=O) groups is 1. The summed E-state index contributed by atoms with van der Waals surface area (Å²) >= 11 is 0. The molecule has 0 radical (unpaired) electrons. The summed E-state index contributed by atoms with van der Waals surface area (Å²) in [6, 6.07) is 2.82. The lowest BCUT2D eigenvalue weighted by molar-refractivity contribution is -0.145. The van der Waals surface area contributed by atoms with Gasteiger partial charge in [0.2, 0.25) is 0 Å². The summed E-state index contributed by atoms with van der Waals surface area (Å²) < 4.78 is 5.25. The van der Waals surface area contributed by atoms with E-state index in [0.29, 0.717) is 5.76 Å². The van der Waals surface area contributed by atoms with Crippen LogP contribution in [0.15, 0.2) is 22.8 Å². The number of rotatable bonds is 5. The van der Waals surface area contributed by atoms with Crippen molar-refractivity contribution in [3.8, 4) is 0 Å². The van der Waals surface area contributed by atoms with E-state index in [1.165, 1.54) is 6.26 Å². The van der Waals surface area contributed by atoms with Gasteiger partial charge in [0.25, 0.3) is 0 Å². The van der Waals surface area contributed by atoms with Crippen LogP contribution in [-0.2, 0) is 4.79 Å². The molecule has 0 spiro atoms. The van der Waals surface area contributed by atoms with Crippen molar-refractivity contribution >= 4 is 5.97 Å². The predicted octanol–water partition coefficient (Wildman–Crippen LogP) is 1.43. The largest absolute Gasteiger partial charge is 0.480 e. The van der Waals surface area contributed by atoms with Gasteiger partial charge in [-0.3, -0.25) is 9.69 Å². The van der Waals surface area contributed by atoms with Crippen LogP contribution in [-0.4, -0.2) is 53.6 Å². The van der Waals surface area contributed by atoms with Crippen LogP contribution in [0.1, 0.15) is 25.1 Å². The number of carboxylic acid groups (broad SMARTS) is 1. The molecule has 0 saturated carbocycles. The summed E-state index contributed by atoms with van der Waals surface area (Å²) in [7, 11) is 0. The molecule has 0 bridgehead atoms. The Morgan fingerprint density at radius 3 is 2.67 bits per heavy atom. The molecule has 100 valence electrons. The van der Waals surface area contributed by atoms with Gasteiger partial charge in [0.1, 0.15) is 5.76 Å². The highest BCUT2D eigenvalue weighted by molar-refractivity contribution is 5.74. The molecule has 1 aromatic heterocycles. The van der Waals surface area contributed by atoms with Crippen molar-refractivity contribution in [3.05, 3.63) is 24.2 Å². The Morgan fingerprint density at radius 2 is 2.17 bits per heavy atom. The fourth-order valence-corrected chi connectivity index (χ4v) is 2.47. The maximum absolute atomic E-state index is 11.4. The van der Waals surface area contributed by atoms with Gasteiger partial charge in [0, 0.05) is 26.2 Å². The maximum Gasteiger partial charge on any atom is 0.328 e. The van der Waals surface area contributed by atoms with E-state index >= 15 is 0 Å². The van der Waals surface area contributed by atoms with Crippen LogP contribution in [0.4, 0.5) is 0 Å². The summed E-state index contributed by atoms with van der Waals surface area (Å²) in [5, 5.41) is 9.35. The minimum absolute atomic E-state index is 0.520. The first-order valence-electron chi connectivity index (χ1n) is 6.45. The molecule has 1 N–H and O–H groups in total. The van der Waals surface area contributed by atoms with Crippen molar-refractivity contribution in [3.63, 3.8) is 0 Å². The SMILES string of the molecule is CCCN1CCN(C(C(=O)O)c2ccco2)CC1. The van der Waals surface area contributed by atoms with Gasteiger partial charge >= 0.3 is 5.97 Å². The third-order valence-electron chi connectivity index (χ3n) is 3.36. The van der Waals surface area contributed by atoms with Gasteiger partial charge in [-0.15, -0.1) is 0 Å². The smallest absolute Gasteiger partial charge is 0.328 e. The van der Waals surface area contributed by atoms with Crippen molar-refractivity contribution in [2.24, 2.45) is 0 Å². The second kappa shape index (κ2) is 6.02. The van der Waals surface area contributed by atoms with Crippen LogP contribution in [0, 0.1) is 0 Å². The van der Waals surface area contributed by atoms with Crippen molar-refractivity contribution in [1.82, 2.24) is 9.80 Å². The molecule has 0 aromatic carbocycles. The van der Waals surface area contributed by atoms with E-state index in [-0.39, 0.29) is 0 Å². The minimum Gasteiger partial charge on any atom is -0.480 e. The third kappa shape index (κ3) is 2.91. The summed E-state index contributed by atoms with van der Waals surface area (Å²) in [4.78, 5) is 15.7. The zero-order chi connectivity index (χ0) is 13.0. The first-order valence-corrected chi connectivity index (χ1v) is 6.45. The second-order valence-electron chi connectivity index (χ2n) is 4.63. The van der Waals surface area contributed by atoms with Gasteiger partial charge in [-0.2, -0.15) is 0 Å². The van der Waals surface area contributed by atoms with Crippen LogP contribution in [0.5, 0.6) is 0 Å². The molecule has 0 amide bonds. The fourth-order valence-electron chi connectivity index (χ4n) is 2.47. The van der Waals surface area contributed by atoms with Crippen molar-refractivity contribution < 1.29 is 14.3 Å². The Morgan fingerprint density at radius 1 is 1.44 bits per heavy atom. The summed E-state index contributed by atoms with van der Waals surface area (Å²) in [6.45, 7) is 6.66. The maximum atomic E-state index is 11.4. The zero-order valence-electron chi connectivity index (χ0n) is 10.7. The molecule has 2 heterocycles. The number of hydrogen-bond acceptors (Lipinski definition) is 4. The number of piperazine rings is 1. The van der Waals surface area contributed by atoms with E-state index in [0.717, 1.165) is 39.1 Å². The Bertz CT molecular complexity index is 370. The molecule has 0 aliphatic carbocycles. The molecule has 1 atom stereocenters. The van der Waals surface area contributed by atoms with Crippen molar-refractivity contribution in [1.29, 1.82) is 0 Å². The summed E-state index contributed by atoms with van der Waals surface area (Å²) in [6.07, 6.45) is 2.67. The van der Waals surface area contributed by atoms with E-state index in [1.54, 1.807) is 12.1 Å². The van der Waals surface area contributed by atoms with Crippen LogP contribution in [0.3, 0.4) is 0 Å². The average molecular weight is 252 g/mol. The molecule has 1 aromatic rings. The van der Waals surface area contributed by atoms with E-state index in [2.05, 4.69) is 11.8 Å². The van der Waals surface area contributed by atoms with Crippen molar-refractivity contribution in [2.45, 2.75) is 19.4 Å². The minimum atomic E-state index is -0.839. The molecular weight excluding hydrogens is 232 g/mol. The molecule has 2 rings (SSSR count). The quantitative estimate of drug-likeness (QED) is 0.859. The van der Waals surface area contributed by atoms with Gasteiger partial charge in [-0.1, -0.05) is 6.92 Å². The first-order chi connectivity index (χ1) is 8.72. The molecule has 1 fully saturated rings. The lowest BCUT2D eigenvalue weighted by atomic mass is 10.1. The highest BCUT2D eigenvalue weighted by atomic mass is 16.4. The van der Waals surface area contributed by atoms with Gasteiger partial charge in [0.05, 0.1) is 6.26 Å². The number of furan rings is 1. The predicted molar refractivity (Wildman–Crippen MR) is 67.4 cm³/mol. The standard InChI is InChI=1S/C13H20N2O3/c1-2-5-14-6-8-15(9-7-14)12(13(16)17)11-4-3-10-18-11/h3-4,10,12H,2,5-9H2,1H3,(H,16,17). The zero-order valence-corrected chi connectivity index (χ0v) is 10.7. The lowest BCUT2D eigenvalue weighted by Crippen LogP contribution is -2.49. The van der Waals surface area contributed by atoms with Gasteiger partial charge in [-0.05, 0) is 25.1 Å². The third-order valence-corrected chi connectivity index (χ3v) is 3.36. The van der Waals surface area contributed by atoms with Crippen LogP contribution < -0.4 is 0 Å². The number of nitrogens with zero attached hydrogens (tertiary/aromatic N) is 2. The molecule has 1 aliphatic heterocycles. The molecule has 1 aliphatic rings. The second-order valence-corrected chi connectivity index (χ2v) is 4.63. The molecular formula is C13H20N2O3. The van der Waals surface area contributed by atoms with Gasteiger partial charge in [0.15, 0.2) is 6.04 Å². The lowest BCUT2D eigenvalue weighted by Gasteiger charge is -2.36. The summed E-state index contributed by atoms with van der Waals surface area (Å²) in [5.41, 5.74) is 0. The molecule has 5 nitrogen and oxygen atoms in total. The highest BCUT2D eigenvalue weighted by Crippen LogP contribution is 2.23. The highest BCUT2D eigenvalue weighted by Gasteiger charge is 2.31. The normalized spacial score (nSPS) is 19.8. The Hall–Kier alpha value is -1.33. The molecule has 1 unspecified atom stereocenters. The Balaban J connectivity index is 1.99. The monoisotopic (exact) mass is 252 g/mol. The number of carboxylic acids is 1. The van der Waals surface area contributed by atoms with Crippen molar-refractivity contribution in [2.75, 3.05) is 32.7 Å². The summed E-state index contributed by atoms with van der Waals surface area (Å²) in [5.74, 6) is -0.319. The van der Waals surface area contributed by atoms with E-state index < -0.39 is 12.0 Å². The van der Waals surface area contributed by atoms with Crippen LogP contribution in [0.25, 0.3) is 0 Å². The molecule has 5 heteroatoms. The van der Waals surface area contributed by atoms with Crippen LogP contribution in [0.2, 0.25) is 0 Å². The average Bonchev–Trinajstić information content (AvgIpc) is 2.85. The van der Waals surface area contributed by atoms with Crippen LogP contribution >= 0.6 is 0 Å². The fraction of sp³-hybridized carbons (Fsp3) is 0.615. The van der Waals surface area contributed by atoms with E-state index in [9.17, 15) is 9.90 Å². The molecule has 18 heavy (non-hydrogen) atoms. The number of aliphatic carboxylic acids is 1. The first kappa shape index (κ1) is 13.1. The van der Waals surface area contributed by atoms with Gasteiger partial charge < -0.3 is 14.4 Å². The van der Waals surface area contributed by atoms with E-state index in [4.69, 9.17) is 4.42 Å². The Labute approximate surface area is 107 Å². The topological polar surface area (TPSA) is 56.9 Å². The Kier molecular flexibility index (Phi) is 4.38. The number of hydrogen-bond donors (Lipinski definition) is 1. The molecule has 1 saturated heterocycles. The van der Waals surface area contributed by atoms with E-state index in [1.807, 2.05) is 4.90 Å². The van der Waals surface area contributed by atoms with Gasteiger partial charge in [-0.25, -0.2) is 0 Å².